The maximum Gasteiger partial charge on any atom is 0.0237 e. The van der Waals surface area contributed by atoms with Crippen molar-refractivity contribution >= 4 is 0 Å². The van der Waals surface area contributed by atoms with Crippen LogP contribution in [0.4, 0.5) is 0 Å². The molecule has 0 saturated carbocycles. The fraction of sp³-hybridized carbons (Fsp3) is 0.550. The largest absolute Gasteiger partial charge is 0.310 e. The molecule has 0 radical (unpaired) electrons. The molecule has 0 aromatic heterocycles. The van der Waals surface area contributed by atoms with E-state index in [2.05, 4.69) is 124 Å². The molecular weight excluding hydrogens is 536 g/mol. The lowest BCUT2D eigenvalue weighted by atomic mass is 9.98. The number of nitrogens with one attached hydrogen (secondary N) is 1. The lowest BCUT2D eigenvalue weighted by molar-refractivity contribution is 0.209. The van der Waals surface area contributed by atoms with Crippen molar-refractivity contribution in [2.75, 3.05) is 39.3 Å². The van der Waals surface area contributed by atoms with Gasteiger partial charge in [-0.2, -0.15) is 0 Å². The molecule has 0 amide bonds. The van der Waals surface area contributed by atoms with E-state index in [9.17, 15) is 0 Å². The minimum Gasteiger partial charge on any atom is -0.310 e. The highest BCUT2D eigenvalue weighted by atomic mass is 15.3. The Morgan fingerprint density at radius 2 is 0.955 bits per heavy atom. The van der Waals surface area contributed by atoms with Crippen LogP contribution < -0.4 is 5.32 Å². The second-order valence-corrected chi connectivity index (χ2v) is 13.6. The topological polar surface area (TPSA) is 21.8 Å². The summed E-state index contributed by atoms with van der Waals surface area (Å²) in [5.74, 6) is 0. The van der Waals surface area contributed by atoms with E-state index in [0.29, 0.717) is 6.04 Å². The van der Waals surface area contributed by atoms with Crippen LogP contribution in [0.1, 0.15) is 89.2 Å². The van der Waals surface area contributed by atoms with Gasteiger partial charge in [-0.25, -0.2) is 0 Å². The van der Waals surface area contributed by atoms with Crippen molar-refractivity contribution in [3.63, 3.8) is 0 Å². The highest BCUT2D eigenvalue weighted by molar-refractivity contribution is 5.38. The third-order valence-corrected chi connectivity index (χ3v) is 9.62. The number of hydrogen-bond acceptors (Lipinski definition) is 4. The molecular formula is C40H60N4. The molecule has 0 unspecified atom stereocenters. The van der Waals surface area contributed by atoms with Gasteiger partial charge in [-0.1, -0.05) is 91.6 Å². The minimum absolute atomic E-state index is 0.590. The van der Waals surface area contributed by atoms with Gasteiger partial charge < -0.3 is 5.32 Å². The quantitative estimate of drug-likeness (QED) is 0.230. The zero-order valence-corrected chi connectivity index (χ0v) is 29.2. The van der Waals surface area contributed by atoms with E-state index >= 15 is 0 Å². The minimum atomic E-state index is 0.590. The predicted molar refractivity (Wildman–Crippen MR) is 189 cm³/mol. The van der Waals surface area contributed by atoms with Crippen molar-refractivity contribution in [2.24, 2.45) is 0 Å². The van der Waals surface area contributed by atoms with E-state index in [4.69, 9.17) is 0 Å². The molecule has 240 valence electrons. The Hall–Kier alpha value is -2.50. The molecule has 1 aliphatic heterocycles. The van der Waals surface area contributed by atoms with Crippen LogP contribution in [0.3, 0.4) is 0 Å². The average molecular weight is 597 g/mol. The number of aryl methyl sites for hydroxylation is 5. The molecule has 44 heavy (non-hydrogen) atoms. The monoisotopic (exact) mass is 596 g/mol. The molecule has 0 atom stereocenters. The first-order chi connectivity index (χ1) is 21.1. The van der Waals surface area contributed by atoms with Crippen LogP contribution in [-0.4, -0.2) is 60.0 Å². The molecule has 4 rings (SSSR count). The van der Waals surface area contributed by atoms with Gasteiger partial charge in [-0.05, 0) is 87.3 Å². The van der Waals surface area contributed by atoms with Crippen LogP contribution in [0.25, 0.3) is 0 Å². The maximum absolute atomic E-state index is 3.81. The number of hydrogen-bond donors (Lipinski definition) is 1. The van der Waals surface area contributed by atoms with E-state index in [1.54, 1.807) is 0 Å². The molecule has 1 fully saturated rings. The summed E-state index contributed by atoms with van der Waals surface area (Å²) in [6.45, 7) is 28.7. The van der Waals surface area contributed by atoms with Gasteiger partial charge in [-0.3, -0.25) is 14.7 Å². The fourth-order valence-corrected chi connectivity index (χ4v) is 7.01. The van der Waals surface area contributed by atoms with Crippen LogP contribution in [0.2, 0.25) is 0 Å². The Labute approximate surface area is 269 Å². The van der Waals surface area contributed by atoms with Gasteiger partial charge in [0, 0.05) is 71.5 Å². The summed E-state index contributed by atoms with van der Waals surface area (Å²) in [6.07, 6.45) is 3.45. The van der Waals surface area contributed by atoms with Crippen molar-refractivity contribution in [1.82, 2.24) is 20.0 Å². The lowest BCUT2D eigenvalue weighted by Crippen LogP contribution is -2.35. The third-order valence-electron chi connectivity index (χ3n) is 9.62. The van der Waals surface area contributed by atoms with Gasteiger partial charge in [0.15, 0.2) is 0 Å². The zero-order chi connectivity index (χ0) is 31.6. The molecule has 4 heteroatoms. The van der Waals surface area contributed by atoms with Crippen molar-refractivity contribution in [3.05, 3.63) is 104 Å². The smallest absolute Gasteiger partial charge is 0.0237 e. The van der Waals surface area contributed by atoms with Gasteiger partial charge in [0.05, 0.1) is 0 Å². The Balaban J connectivity index is 1.55. The number of benzene rings is 3. The molecule has 0 spiro atoms. The summed E-state index contributed by atoms with van der Waals surface area (Å²) >= 11 is 0. The molecule has 1 heterocycles. The Kier molecular flexibility index (Phi) is 13.1. The molecule has 1 saturated heterocycles. The Bertz CT molecular complexity index is 1320. The molecule has 1 aliphatic rings. The van der Waals surface area contributed by atoms with Crippen LogP contribution >= 0.6 is 0 Å². The fourth-order valence-electron chi connectivity index (χ4n) is 7.01. The van der Waals surface area contributed by atoms with Gasteiger partial charge in [0.2, 0.25) is 0 Å². The normalized spacial score (nSPS) is 15.8. The molecule has 0 aliphatic carbocycles. The lowest BCUT2D eigenvalue weighted by Gasteiger charge is -2.27. The van der Waals surface area contributed by atoms with Crippen molar-refractivity contribution in [1.29, 1.82) is 0 Å². The Morgan fingerprint density at radius 1 is 0.523 bits per heavy atom. The molecule has 3 aromatic carbocycles. The zero-order valence-electron chi connectivity index (χ0n) is 29.2. The number of nitrogens with zero attached hydrogens (tertiary/aromatic N) is 3. The summed E-state index contributed by atoms with van der Waals surface area (Å²) in [4.78, 5) is 8.12. The molecule has 1 N–H and O–H groups in total. The number of rotatable bonds is 12. The van der Waals surface area contributed by atoms with Crippen molar-refractivity contribution < 1.29 is 0 Å². The molecule has 3 aromatic rings. The van der Waals surface area contributed by atoms with Gasteiger partial charge in [0.1, 0.15) is 0 Å². The van der Waals surface area contributed by atoms with Crippen LogP contribution in [0, 0.1) is 34.6 Å². The SMILES string of the molecule is CCc1cc(C)cc(CN2CCN(Cc3cc(C)cc(C)c3)CCN(Cc3cc(C)cc(CNC(CC)CC)c3C)CC2)c1. The first kappa shape index (κ1) is 34.4. The second-order valence-electron chi connectivity index (χ2n) is 13.6. The highest BCUT2D eigenvalue weighted by Gasteiger charge is 2.19. The predicted octanol–water partition coefficient (Wildman–Crippen LogP) is 7.89. The van der Waals surface area contributed by atoms with Crippen LogP contribution in [-0.2, 0) is 32.6 Å². The standard InChI is InChI=1S/C40H60N4/c1-9-35-19-32(6)22-37(25-35)28-43-13-12-42(27-36-20-30(4)18-31(5)21-36)14-16-44(17-15-43)29-39-24-33(7)23-38(34(39)8)26-41-40(10-2)11-3/h18-25,40-41H,9-17,26-29H2,1-8H3. The van der Waals surface area contributed by atoms with E-state index in [0.717, 1.165) is 71.9 Å². The van der Waals surface area contributed by atoms with Gasteiger partial charge in [0.25, 0.3) is 0 Å². The summed E-state index contributed by atoms with van der Waals surface area (Å²) in [6, 6.07) is 19.6. The first-order valence-electron chi connectivity index (χ1n) is 17.3. The van der Waals surface area contributed by atoms with E-state index < -0.39 is 0 Å². The van der Waals surface area contributed by atoms with Crippen molar-refractivity contribution in [2.45, 2.75) is 107 Å². The van der Waals surface area contributed by atoms with Gasteiger partial charge in [-0.15, -0.1) is 0 Å². The molecule has 4 nitrogen and oxygen atoms in total. The van der Waals surface area contributed by atoms with Gasteiger partial charge >= 0.3 is 0 Å². The average Bonchev–Trinajstić information content (AvgIpc) is 3.06. The maximum atomic E-state index is 3.81. The first-order valence-corrected chi connectivity index (χ1v) is 17.3. The van der Waals surface area contributed by atoms with Crippen LogP contribution in [0.5, 0.6) is 0 Å². The van der Waals surface area contributed by atoms with E-state index in [1.807, 2.05) is 0 Å². The van der Waals surface area contributed by atoms with Crippen molar-refractivity contribution in [3.8, 4) is 0 Å². The summed E-state index contributed by atoms with van der Waals surface area (Å²) in [7, 11) is 0. The Morgan fingerprint density at radius 3 is 1.48 bits per heavy atom. The summed E-state index contributed by atoms with van der Waals surface area (Å²) < 4.78 is 0. The van der Waals surface area contributed by atoms with E-state index in [-0.39, 0.29) is 0 Å². The summed E-state index contributed by atoms with van der Waals surface area (Å²) in [5.41, 5.74) is 14.2. The third kappa shape index (κ3) is 10.3. The molecule has 0 bridgehead atoms. The summed E-state index contributed by atoms with van der Waals surface area (Å²) in [5, 5.41) is 3.81. The highest BCUT2D eigenvalue weighted by Crippen LogP contribution is 2.21. The second kappa shape index (κ2) is 16.7. The van der Waals surface area contributed by atoms with E-state index in [1.165, 1.54) is 68.5 Å². The van der Waals surface area contributed by atoms with Crippen LogP contribution in [0.15, 0.2) is 48.5 Å².